The number of amides is 1. The van der Waals surface area contributed by atoms with Crippen molar-refractivity contribution in [2.45, 2.75) is 50.7 Å². The van der Waals surface area contributed by atoms with Crippen LogP contribution in [0.2, 0.25) is 0 Å². The van der Waals surface area contributed by atoms with E-state index in [9.17, 15) is 4.79 Å². The van der Waals surface area contributed by atoms with Crippen LogP contribution in [0.4, 0.5) is 0 Å². The highest BCUT2D eigenvalue weighted by Crippen LogP contribution is 2.47. The van der Waals surface area contributed by atoms with Crippen LogP contribution in [-0.2, 0) is 4.79 Å². The molecule has 3 fully saturated rings. The number of hydrogen-bond acceptors (Lipinski definition) is 3. The molecule has 108 valence electrons. The third-order valence-electron chi connectivity index (χ3n) is 5.26. The maximum atomic E-state index is 12.7. The van der Waals surface area contributed by atoms with Gasteiger partial charge in [0.15, 0.2) is 0 Å². The largest absolute Gasteiger partial charge is 0.321 e. The smallest absolute Gasteiger partial charge is 0.244 e. The van der Waals surface area contributed by atoms with Gasteiger partial charge in [0.05, 0.1) is 0 Å². The zero-order valence-electron chi connectivity index (χ0n) is 12.0. The van der Waals surface area contributed by atoms with E-state index in [1.807, 2.05) is 0 Å². The number of carbonyl (C=O) groups is 1. The quantitative estimate of drug-likeness (QED) is 0.927. The number of nitrogens with one attached hydrogen (secondary N) is 1. The second-order valence-electron chi connectivity index (χ2n) is 6.93. The molecule has 3 nitrogen and oxygen atoms in total. The molecular formula is C16H22N2OS. The fourth-order valence-corrected chi connectivity index (χ4v) is 4.61. The molecule has 2 saturated carbocycles. The van der Waals surface area contributed by atoms with Gasteiger partial charge in [0.1, 0.15) is 11.7 Å². The second-order valence-corrected chi connectivity index (χ2v) is 7.71. The maximum absolute atomic E-state index is 12.7. The van der Waals surface area contributed by atoms with Gasteiger partial charge < -0.3 is 4.90 Å². The van der Waals surface area contributed by atoms with Crippen LogP contribution in [0.25, 0.3) is 0 Å². The van der Waals surface area contributed by atoms with Crippen LogP contribution < -0.4 is 5.32 Å². The molecule has 4 heteroatoms. The molecule has 20 heavy (non-hydrogen) atoms. The third-order valence-corrected chi connectivity index (χ3v) is 5.96. The van der Waals surface area contributed by atoms with Crippen LogP contribution in [0.5, 0.6) is 0 Å². The van der Waals surface area contributed by atoms with Crippen LogP contribution >= 0.6 is 11.3 Å². The van der Waals surface area contributed by atoms with Crippen LogP contribution in [-0.4, -0.2) is 22.9 Å². The predicted octanol–water partition coefficient (Wildman–Crippen LogP) is 3.15. The van der Waals surface area contributed by atoms with Gasteiger partial charge in [0.2, 0.25) is 5.91 Å². The van der Waals surface area contributed by atoms with Crippen molar-refractivity contribution < 1.29 is 4.79 Å². The number of carbonyl (C=O) groups excluding carboxylic acids is 1. The van der Waals surface area contributed by atoms with Gasteiger partial charge in [-0.1, -0.05) is 13.3 Å². The normalized spacial score (nSPS) is 35.1. The van der Waals surface area contributed by atoms with E-state index in [2.05, 4.69) is 34.0 Å². The Kier molecular flexibility index (Phi) is 2.93. The van der Waals surface area contributed by atoms with Crippen molar-refractivity contribution >= 4 is 17.2 Å². The molecule has 4 rings (SSSR count). The molecule has 3 unspecified atom stereocenters. The van der Waals surface area contributed by atoms with E-state index in [1.165, 1.54) is 24.8 Å². The van der Waals surface area contributed by atoms with Crippen molar-refractivity contribution in [3.05, 3.63) is 22.4 Å². The van der Waals surface area contributed by atoms with E-state index >= 15 is 0 Å². The van der Waals surface area contributed by atoms with Gasteiger partial charge in [-0.25, -0.2) is 0 Å². The summed E-state index contributed by atoms with van der Waals surface area (Å²) in [4.78, 5) is 14.9. The minimum Gasteiger partial charge on any atom is -0.321 e. The van der Waals surface area contributed by atoms with Crippen molar-refractivity contribution in [1.82, 2.24) is 10.2 Å². The monoisotopic (exact) mass is 290 g/mol. The van der Waals surface area contributed by atoms with E-state index in [4.69, 9.17) is 0 Å². The van der Waals surface area contributed by atoms with Gasteiger partial charge in [0.25, 0.3) is 0 Å². The molecule has 1 spiro atoms. The molecule has 1 aromatic rings. The molecule has 0 aromatic carbocycles. The number of hydrogen-bond donors (Lipinski definition) is 1. The van der Waals surface area contributed by atoms with E-state index in [-0.39, 0.29) is 11.7 Å². The molecule has 1 aliphatic heterocycles. The lowest BCUT2D eigenvalue weighted by atomic mass is 10.0. The molecule has 2 aliphatic carbocycles. The summed E-state index contributed by atoms with van der Waals surface area (Å²) in [6, 6.07) is 2.15. The van der Waals surface area contributed by atoms with E-state index < -0.39 is 0 Å². The zero-order valence-corrected chi connectivity index (χ0v) is 12.8. The molecular weight excluding hydrogens is 268 g/mol. The van der Waals surface area contributed by atoms with Gasteiger partial charge in [0, 0.05) is 6.54 Å². The molecule has 1 amide bonds. The Labute approximate surface area is 124 Å². The zero-order chi connectivity index (χ0) is 13.7. The first-order valence-corrected chi connectivity index (χ1v) is 8.73. The molecule has 0 bridgehead atoms. The Bertz CT molecular complexity index is 509. The van der Waals surface area contributed by atoms with Crippen LogP contribution in [0.3, 0.4) is 0 Å². The van der Waals surface area contributed by atoms with Gasteiger partial charge in [-0.05, 0) is 59.9 Å². The summed E-state index contributed by atoms with van der Waals surface area (Å²) in [7, 11) is 0. The van der Waals surface area contributed by atoms with E-state index in [1.54, 1.807) is 11.3 Å². The molecule has 2 heterocycles. The maximum Gasteiger partial charge on any atom is 0.244 e. The Morgan fingerprint density at radius 3 is 2.90 bits per heavy atom. The Morgan fingerprint density at radius 1 is 1.45 bits per heavy atom. The number of thiophene rings is 1. The van der Waals surface area contributed by atoms with Crippen molar-refractivity contribution in [2.75, 3.05) is 6.54 Å². The lowest BCUT2D eigenvalue weighted by molar-refractivity contribution is -0.131. The lowest BCUT2D eigenvalue weighted by Crippen LogP contribution is -2.35. The van der Waals surface area contributed by atoms with Crippen molar-refractivity contribution in [1.29, 1.82) is 0 Å². The van der Waals surface area contributed by atoms with Gasteiger partial charge in [-0.3, -0.25) is 10.1 Å². The fraction of sp³-hybridized carbons (Fsp3) is 0.688. The summed E-state index contributed by atoms with van der Waals surface area (Å²) < 4.78 is 0. The first-order valence-electron chi connectivity index (χ1n) is 7.79. The minimum absolute atomic E-state index is 0.118. The number of rotatable bonds is 3. The molecule has 0 radical (unpaired) electrons. The van der Waals surface area contributed by atoms with Crippen LogP contribution in [0, 0.1) is 11.8 Å². The number of nitrogens with zero attached hydrogens (tertiary/aromatic N) is 1. The Morgan fingerprint density at radius 2 is 2.30 bits per heavy atom. The van der Waals surface area contributed by atoms with Crippen molar-refractivity contribution in [3.8, 4) is 0 Å². The SMILES string of the molecule is CC1CCC(CN2C(=O)C3(CC3)NC2c2ccsc2)C1. The first-order chi connectivity index (χ1) is 9.68. The molecule has 1 saturated heterocycles. The molecule has 1 N–H and O–H groups in total. The Hall–Kier alpha value is -0.870. The lowest BCUT2D eigenvalue weighted by Gasteiger charge is -2.26. The Balaban J connectivity index is 1.56. The van der Waals surface area contributed by atoms with Gasteiger partial charge >= 0.3 is 0 Å². The molecule has 1 aromatic heterocycles. The topological polar surface area (TPSA) is 32.3 Å². The summed E-state index contributed by atoms with van der Waals surface area (Å²) in [6.45, 7) is 3.28. The summed E-state index contributed by atoms with van der Waals surface area (Å²) in [5, 5.41) is 7.90. The first kappa shape index (κ1) is 12.8. The average Bonchev–Trinajstić information content (AvgIpc) is 2.80. The summed E-state index contributed by atoms with van der Waals surface area (Å²) in [5.74, 6) is 1.89. The van der Waals surface area contributed by atoms with E-state index in [0.29, 0.717) is 11.8 Å². The highest BCUT2D eigenvalue weighted by Gasteiger charge is 2.59. The summed E-state index contributed by atoms with van der Waals surface area (Å²) >= 11 is 1.72. The fourth-order valence-electron chi connectivity index (χ4n) is 3.93. The highest BCUT2D eigenvalue weighted by atomic mass is 32.1. The average molecular weight is 290 g/mol. The van der Waals surface area contributed by atoms with Crippen molar-refractivity contribution in [3.63, 3.8) is 0 Å². The van der Waals surface area contributed by atoms with Crippen LogP contribution in [0.15, 0.2) is 16.8 Å². The van der Waals surface area contributed by atoms with E-state index in [0.717, 1.165) is 25.3 Å². The molecule has 3 aliphatic rings. The summed E-state index contributed by atoms with van der Waals surface area (Å²) in [6.07, 6.45) is 6.05. The summed E-state index contributed by atoms with van der Waals surface area (Å²) in [5.41, 5.74) is 1.06. The second kappa shape index (κ2) is 4.57. The molecule has 3 atom stereocenters. The van der Waals surface area contributed by atoms with Gasteiger partial charge in [-0.15, -0.1) is 0 Å². The van der Waals surface area contributed by atoms with Gasteiger partial charge in [-0.2, -0.15) is 11.3 Å². The van der Waals surface area contributed by atoms with Crippen molar-refractivity contribution in [2.24, 2.45) is 11.8 Å². The minimum atomic E-state index is -0.198. The highest BCUT2D eigenvalue weighted by molar-refractivity contribution is 7.07. The predicted molar refractivity (Wildman–Crippen MR) is 80.4 cm³/mol. The third kappa shape index (κ3) is 2.01. The standard InChI is InChI=1S/C16H22N2OS/c1-11-2-3-12(8-11)9-18-14(13-4-7-20-10-13)17-16(5-6-16)15(18)19/h4,7,10-12,14,17H,2-3,5-6,8-9H2,1H3. The van der Waals surface area contributed by atoms with Crippen LogP contribution in [0.1, 0.15) is 50.8 Å².